The van der Waals surface area contributed by atoms with Gasteiger partial charge in [-0.2, -0.15) is 0 Å². The number of pyridine rings is 1. The second-order valence-corrected chi connectivity index (χ2v) is 5.58. The van der Waals surface area contributed by atoms with Gasteiger partial charge in [-0.05, 0) is 42.3 Å². The summed E-state index contributed by atoms with van der Waals surface area (Å²) in [6, 6.07) is 12.0. The fraction of sp³-hybridized carbons (Fsp3) is 0.188. The number of rotatable bonds is 3. The van der Waals surface area contributed by atoms with Gasteiger partial charge in [0, 0.05) is 17.6 Å². The van der Waals surface area contributed by atoms with E-state index in [1.54, 1.807) is 0 Å². The molecule has 0 aliphatic rings. The van der Waals surface area contributed by atoms with Crippen molar-refractivity contribution in [3.05, 3.63) is 70.1 Å². The minimum absolute atomic E-state index is 0.452. The molecule has 1 aromatic carbocycles. The van der Waals surface area contributed by atoms with Gasteiger partial charge in [0.2, 0.25) is 0 Å². The lowest BCUT2D eigenvalue weighted by Crippen LogP contribution is -1.95. The number of imidazole rings is 1. The van der Waals surface area contributed by atoms with Crippen LogP contribution in [0.5, 0.6) is 0 Å². The van der Waals surface area contributed by atoms with Gasteiger partial charge in [0.1, 0.15) is 5.65 Å². The molecule has 2 nitrogen and oxygen atoms in total. The molecule has 3 aromatic rings. The van der Waals surface area contributed by atoms with E-state index in [0.29, 0.717) is 5.88 Å². The number of hydrogen-bond acceptors (Lipinski definition) is 1. The Kier molecular flexibility index (Phi) is 3.68. The first kappa shape index (κ1) is 13.5. The number of aryl methyl sites for hydroxylation is 1. The summed E-state index contributed by atoms with van der Waals surface area (Å²) in [6.45, 7) is 2.06. The fourth-order valence-corrected chi connectivity index (χ4v) is 2.73. The molecule has 0 N–H and O–H groups in total. The van der Waals surface area contributed by atoms with Crippen LogP contribution in [0, 0.1) is 6.92 Å². The Morgan fingerprint density at radius 3 is 2.60 bits per heavy atom. The van der Waals surface area contributed by atoms with Crippen LogP contribution < -0.4 is 0 Å². The van der Waals surface area contributed by atoms with Crippen molar-refractivity contribution in [1.82, 2.24) is 9.38 Å². The molecule has 0 aliphatic carbocycles. The van der Waals surface area contributed by atoms with Gasteiger partial charge in [-0.1, -0.05) is 23.7 Å². The maximum absolute atomic E-state index is 6.10. The standard InChI is InChI=1S/C16H14Cl2N2/c1-11-6-7-20-15(10-17)14(19-16(20)8-11)9-12-2-4-13(18)5-3-12/h2-8H,9-10H2,1H3. The van der Waals surface area contributed by atoms with E-state index >= 15 is 0 Å². The Bertz CT molecular complexity index is 745. The molecule has 0 atom stereocenters. The SMILES string of the molecule is Cc1ccn2c(CCl)c(Cc3ccc(Cl)cc3)nc2c1. The first-order valence-electron chi connectivity index (χ1n) is 6.44. The van der Waals surface area contributed by atoms with Gasteiger partial charge in [0.25, 0.3) is 0 Å². The van der Waals surface area contributed by atoms with E-state index < -0.39 is 0 Å². The quantitative estimate of drug-likeness (QED) is 0.645. The Morgan fingerprint density at radius 1 is 1.15 bits per heavy atom. The van der Waals surface area contributed by atoms with Gasteiger partial charge >= 0.3 is 0 Å². The van der Waals surface area contributed by atoms with E-state index in [-0.39, 0.29) is 0 Å². The van der Waals surface area contributed by atoms with Gasteiger partial charge in [-0.25, -0.2) is 4.98 Å². The molecule has 3 rings (SSSR count). The van der Waals surface area contributed by atoms with Crippen molar-refractivity contribution in [2.75, 3.05) is 0 Å². The first-order chi connectivity index (χ1) is 9.67. The van der Waals surface area contributed by atoms with E-state index in [2.05, 4.69) is 23.5 Å². The summed E-state index contributed by atoms with van der Waals surface area (Å²) in [5, 5.41) is 0.747. The molecule has 2 heterocycles. The fourth-order valence-electron chi connectivity index (χ4n) is 2.32. The number of aromatic nitrogens is 2. The molecule has 0 saturated carbocycles. The first-order valence-corrected chi connectivity index (χ1v) is 7.35. The number of fused-ring (bicyclic) bond motifs is 1. The van der Waals surface area contributed by atoms with E-state index in [9.17, 15) is 0 Å². The second-order valence-electron chi connectivity index (χ2n) is 4.87. The summed E-state index contributed by atoms with van der Waals surface area (Å²) < 4.78 is 2.06. The maximum Gasteiger partial charge on any atom is 0.137 e. The molecule has 0 bridgehead atoms. The van der Waals surface area contributed by atoms with Crippen LogP contribution in [0.1, 0.15) is 22.5 Å². The average molecular weight is 305 g/mol. The number of alkyl halides is 1. The van der Waals surface area contributed by atoms with Crippen LogP contribution in [0.3, 0.4) is 0 Å². The second kappa shape index (κ2) is 5.47. The lowest BCUT2D eigenvalue weighted by atomic mass is 10.1. The van der Waals surface area contributed by atoms with Gasteiger partial charge < -0.3 is 4.40 Å². The molecule has 0 saturated heterocycles. The smallest absolute Gasteiger partial charge is 0.137 e. The molecule has 4 heteroatoms. The lowest BCUT2D eigenvalue weighted by Gasteiger charge is -2.02. The Labute approximate surface area is 128 Å². The molecule has 20 heavy (non-hydrogen) atoms. The molecule has 0 fully saturated rings. The zero-order chi connectivity index (χ0) is 14.1. The number of nitrogens with zero attached hydrogens (tertiary/aromatic N) is 2. The molecule has 0 amide bonds. The van der Waals surface area contributed by atoms with Crippen LogP contribution in [0.2, 0.25) is 5.02 Å². The molecule has 0 aliphatic heterocycles. The summed E-state index contributed by atoms with van der Waals surface area (Å²) in [4.78, 5) is 4.71. The summed E-state index contributed by atoms with van der Waals surface area (Å²) in [6.07, 6.45) is 2.79. The van der Waals surface area contributed by atoms with Gasteiger partial charge in [-0.15, -0.1) is 11.6 Å². The van der Waals surface area contributed by atoms with E-state index in [4.69, 9.17) is 28.2 Å². The van der Waals surface area contributed by atoms with Crippen molar-refractivity contribution in [3.63, 3.8) is 0 Å². The largest absolute Gasteiger partial charge is 0.303 e. The third-order valence-electron chi connectivity index (χ3n) is 3.37. The van der Waals surface area contributed by atoms with Crippen LogP contribution in [0.15, 0.2) is 42.6 Å². The van der Waals surface area contributed by atoms with Gasteiger partial charge in [0.05, 0.1) is 17.3 Å². The highest BCUT2D eigenvalue weighted by molar-refractivity contribution is 6.30. The number of hydrogen-bond donors (Lipinski definition) is 0. The van der Waals surface area contributed by atoms with Crippen molar-refractivity contribution in [3.8, 4) is 0 Å². The lowest BCUT2D eigenvalue weighted by molar-refractivity contribution is 1.03. The molecular formula is C16H14Cl2N2. The highest BCUT2D eigenvalue weighted by Crippen LogP contribution is 2.20. The maximum atomic E-state index is 6.10. The zero-order valence-corrected chi connectivity index (χ0v) is 12.6. The number of halogens is 2. The van der Waals surface area contributed by atoms with Crippen molar-refractivity contribution in [1.29, 1.82) is 0 Å². The number of benzene rings is 1. The van der Waals surface area contributed by atoms with Crippen LogP contribution in [0.25, 0.3) is 5.65 Å². The summed E-state index contributed by atoms with van der Waals surface area (Å²) >= 11 is 12.0. The molecule has 102 valence electrons. The Balaban J connectivity index is 2.04. The predicted octanol–water partition coefficient (Wildman–Crippen LogP) is 4.63. The highest BCUT2D eigenvalue weighted by Gasteiger charge is 2.11. The zero-order valence-electron chi connectivity index (χ0n) is 11.1. The third-order valence-corrected chi connectivity index (χ3v) is 3.88. The minimum atomic E-state index is 0.452. The van der Waals surface area contributed by atoms with E-state index in [0.717, 1.165) is 28.5 Å². The van der Waals surface area contributed by atoms with E-state index in [1.165, 1.54) is 11.1 Å². The summed E-state index contributed by atoms with van der Waals surface area (Å²) in [5.74, 6) is 0.452. The van der Waals surface area contributed by atoms with Gasteiger partial charge in [0.15, 0.2) is 0 Å². The van der Waals surface area contributed by atoms with Crippen LogP contribution in [-0.4, -0.2) is 9.38 Å². The monoisotopic (exact) mass is 304 g/mol. The Hall–Kier alpha value is -1.51. The van der Waals surface area contributed by atoms with Crippen molar-refractivity contribution < 1.29 is 0 Å². The minimum Gasteiger partial charge on any atom is -0.303 e. The van der Waals surface area contributed by atoms with Crippen molar-refractivity contribution >= 4 is 28.8 Å². The van der Waals surface area contributed by atoms with Crippen LogP contribution >= 0.6 is 23.2 Å². The molecule has 2 aromatic heterocycles. The van der Waals surface area contributed by atoms with E-state index in [1.807, 2.05) is 30.5 Å². The molecule has 0 radical (unpaired) electrons. The normalized spacial score (nSPS) is 11.2. The average Bonchev–Trinajstić information content (AvgIpc) is 2.77. The van der Waals surface area contributed by atoms with Crippen LogP contribution in [0.4, 0.5) is 0 Å². The molecule has 0 spiro atoms. The molecule has 0 unspecified atom stereocenters. The van der Waals surface area contributed by atoms with Crippen molar-refractivity contribution in [2.24, 2.45) is 0 Å². The predicted molar refractivity (Wildman–Crippen MR) is 83.7 cm³/mol. The van der Waals surface area contributed by atoms with Gasteiger partial charge in [-0.3, -0.25) is 0 Å². The topological polar surface area (TPSA) is 17.3 Å². The Morgan fingerprint density at radius 2 is 1.90 bits per heavy atom. The summed E-state index contributed by atoms with van der Waals surface area (Å²) in [7, 11) is 0. The highest BCUT2D eigenvalue weighted by atomic mass is 35.5. The molecular weight excluding hydrogens is 291 g/mol. The van der Waals surface area contributed by atoms with Crippen molar-refractivity contribution in [2.45, 2.75) is 19.2 Å². The van der Waals surface area contributed by atoms with Crippen LogP contribution in [-0.2, 0) is 12.3 Å². The third kappa shape index (κ3) is 2.54. The summed E-state index contributed by atoms with van der Waals surface area (Å²) in [5.41, 5.74) is 5.40.